The van der Waals surface area contributed by atoms with E-state index in [9.17, 15) is 4.79 Å². The fraction of sp³-hybridized carbons (Fsp3) is 0.500. The molecule has 0 bridgehead atoms. The number of aromatic nitrogens is 4. The molecular weight excluding hydrogens is 270 g/mol. The van der Waals surface area contributed by atoms with Crippen LogP contribution in [0.5, 0.6) is 0 Å². The van der Waals surface area contributed by atoms with Crippen LogP contribution >= 0.6 is 0 Å². The van der Waals surface area contributed by atoms with Crippen molar-refractivity contribution in [3.63, 3.8) is 0 Å². The molecule has 0 spiro atoms. The Kier molecular flexibility index (Phi) is 3.64. The molecule has 0 fully saturated rings. The molecule has 110 valence electrons. The van der Waals surface area contributed by atoms with E-state index < -0.39 is 5.56 Å². The lowest BCUT2D eigenvalue weighted by Gasteiger charge is -2.11. The van der Waals surface area contributed by atoms with Crippen molar-refractivity contribution in [2.45, 2.75) is 46.6 Å². The Balaban J connectivity index is 2.42. The van der Waals surface area contributed by atoms with Crippen molar-refractivity contribution in [3.8, 4) is 6.07 Å². The lowest BCUT2D eigenvalue weighted by atomic mass is 9.96. The largest absolute Gasteiger partial charge is 0.337 e. The van der Waals surface area contributed by atoms with E-state index in [1.54, 1.807) is 13.8 Å². The third-order valence-corrected chi connectivity index (χ3v) is 3.17. The summed E-state index contributed by atoms with van der Waals surface area (Å²) < 4.78 is 6.33. The summed E-state index contributed by atoms with van der Waals surface area (Å²) in [6.07, 6.45) is 0. The summed E-state index contributed by atoms with van der Waals surface area (Å²) in [7, 11) is 0. The molecule has 0 aliphatic rings. The summed E-state index contributed by atoms with van der Waals surface area (Å²) in [4.78, 5) is 16.4. The van der Waals surface area contributed by atoms with Crippen molar-refractivity contribution in [2.24, 2.45) is 0 Å². The Morgan fingerprint density at radius 3 is 2.52 bits per heavy atom. The SMILES string of the molecule is Cc1nn(Cc2nc(C(C)(C)C)no2)c(=O)c(C#N)c1C. The van der Waals surface area contributed by atoms with Gasteiger partial charge in [-0.15, -0.1) is 0 Å². The molecule has 0 amide bonds. The fourth-order valence-electron chi connectivity index (χ4n) is 1.76. The van der Waals surface area contributed by atoms with E-state index in [0.29, 0.717) is 23.0 Å². The minimum Gasteiger partial charge on any atom is -0.337 e. The summed E-state index contributed by atoms with van der Waals surface area (Å²) in [6, 6.07) is 1.92. The van der Waals surface area contributed by atoms with Gasteiger partial charge in [-0.2, -0.15) is 15.3 Å². The van der Waals surface area contributed by atoms with Crippen molar-refractivity contribution in [1.29, 1.82) is 5.26 Å². The second-order valence-corrected chi connectivity index (χ2v) is 5.92. The number of hydrogen-bond acceptors (Lipinski definition) is 6. The molecule has 7 nitrogen and oxygen atoms in total. The molecule has 2 heterocycles. The van der Waals surface area contributed by atoms with Gasteiger partial charge in [-0.25, -0.2) is 4.68 Å². The van der Waals surface area contributed by atoms with Crippen molar-refractivity contribution in [1.82, 2.24) is 19.9 Å². The molecule has 0 radical (unpaired) electrons. The molecule has 0 saturated carbocycles. The number of nitriles is 1. The van der Waals surface area contributed by atoms with E-state index in [-0.39, 0.29) is 17.5 Å². The van der Waals surface area contributed by atoms with Gasteiger partial charge in [0.15, 0.2) is 5.82 Å². The normalized spacial score (nSPS) is 11.4. The first-order valence-electron chi connectivity index (χ1n) is 6.55. The van der Waals surface area contributed by atoms with E-state index >= 15 is 0 Å². The van der Waals surface area contributed by atoms with Crippen molar-refractivity contribution in [3.05, 3.63) is 38.9 Å². The van der Waals surface area contributed by atoms with Crippen LogP contribution in [0.3, 0.4) is 0 Å². The number of nitrogens with zero attached hydrogens (tertiary/aromatic N) is 5. The quantitative estimate of drug-likeness (QED) is 0.829. The van der Waals surface area contributed by atoms with E-state index in [4.69, 9.17) is 9.78 Å². The first kappa shape index (κ1) is 14.9. The van der Waals surface area contributed by atoms with Gasteiger partial charge in [0.2, 0.25) is 5.89 Å². The van der Waals surface area contributed by atoms with E-state index in [1.807, 2.05) is 26.8 Å². The van der Waals surface area contributed by atoms with Crippen molar-refractivity contribution >= 4 is 0 Å². The lowest BCUT2D eigenvalue weighted by Crippen LogP contribution is -2.28. The van der Waals surface area contributed by atoms with Crippen LogP contribution in [0.15, 0.2) is 9.32 Å². The molecule has 2 rings (SSSR count). The van der Waals surface area contributed by atoms with Gasteiger partial charge in [0.1, 0.15) is 18.2 Å². The maximum absolute atomic E-state index is 12.2. The lowest BCUT2D eigenvalue weighted by molar-refractivity contribution is 0.350. The molecule has 21 heavy (non-hydrogen) atoms. The van der Waals surface area contributed by atoms with Crippen LogP contribution in [-0.4, -0.2) is 19.9 Å². The molecule has 0 atom stereocenters. The average molecular weight is 287 g/mol. The van der Waals surface area contributed by atoms with Gasteiger partial charge < -0.3 is 4.52 Å². The van der Waals surface area contributed by atoms with E-state index in [1.165, 1.54) is 4.68 Å². The highest BCUT2D eigenvalue weighted by molar-refractivity contribution is 5.36. The molecule has 7 heteroatoms. The molecule has 2 aromatic rings. The Hall–Kier alpha value is -2.49. The van der Waals surface area contributed by atoms with E-state index in [0.717, 1.165) is 0 Å². The van der Waals surface area contributed by atoms with Crippen molar-refractivity contribution in [2.75, 3.05) is 0 Å². The van der Waals surface area contributed by atoms with Crippen LogP contribution in [0, 0.1) is 25.2 Å². The van der Waals surface area contributed by atoms with Gasteiger partial charge in [-0.3, -0.25) is 4.79 Å². The highest BCUT2D eigenvalue weighted by Gasteiger charge is 2.21. The topological polar surface area (TPSA) is 97.6 Å². The van der Waals surface area contributed by atoms with Gasteiger partial charge >= 0.3 is 0 Å². The van der Waals surface area contributed by atoms with Gasteiger partial charge in [0.25, 0.3) is 5.56 Å². The summed E-state index contributed by atoms with van der Waals surface area (Å²) in [6.45, 7) is 9.41. The van der Waals surface area contributed by atoms with Crippen molar-refractivity contribution < 1.29 is 4.52 Å². The van der Waals surface area contributed by atoms with E-state index in [2.05, 4.69) is 15.2 Å². The minimum atomic E-state index is -0.448. The van der Waals surface area contributed by atoms with Gasteiger partial charge in [0.05, 0.1) is 5.69 Å². The van der Waals surface area contributed by atoms with Gasteiger partial charge in [0, 0.05) is 5.41 Å². The average Bonchev–Trinajstić information content (AvgIpc) is 2.85. The Labute approximate surface area is 122 Å². The number of aryl methyl sites for hydroxylation is 1. The smallest absolute Gasteiger partial charge is 0.285 e. The number of hydrogen-bond donors (Lipinski definition) is 0. The Morgan fingerprint density at radius 2 is 2.00 bits per heavy atom. The molecule has 0 N–H and O–H groups in total. The zero-order valence-corrected chi connectivity index (χ0v) is 12.8. The summed E-state index contributed by atoms with van der Waals surface area (Å²) in [5, 5.41) is 17.2. The summed E-state index contributed by atoms with van der Waals surface area (Å²) in [5.41, 5.74) is 0.636. The minimum absolute atomic E-state index is 0.0533. The van der Waals surface area contributed by atoms with Crippen LogP contribution < -0.4 is 5.56 Å². The summed E-state index contributed by atoms with van der Waals surface area (Å²) >= 11 is 0. The highest BCUT2D eigenvalue weighted by atomic mass is 16.5. The zero-order valence-electron chi connectivity index (χ0n) is 12.8. The molecule has 0 unspecified atom stereocenters. The Bertz CT molecular complexity index is 774. The zero-order chi connectivity index (χ0) is 15.8. The van der Waals surface area contributed by atoms with Crippen LogP contribution in [-0.2, 0) is 12.0 Å². The molecule has 0 aliphatic carbocycles. The molecule has 2 aromatic heterocycles. The summed E-state index contributed by atoms with van der Waals surface area (Å²) in [5.74, 6) is 0.858. The van der Waals surface area contributed by atoms with Crippen LogP contribution in [0.4, 0.5) is 0 Å². The Morgan fingerprint density at radius 1 is 1.33 bits per heavy atom. The maximum atomic E-state index is 12.2. The first-order valence-corrected chi connectivity index (χ1v) is 6.55. The molecule has 0 saturated heterocycles. The highest BCUT2D eigenvalue weighted by Crippen LogP contribution is 2.18. The van der Waals surface area contributed by atoms with Crippen LogP contribution in [0.1, 0.15) is 49.3 Å². The third-order valence-electron chi connectivity index (χ3n) is 3.17. The monoisotopic (exact) mass is 287 g/mol. The molecule has 0 aromatic carbocycles. The first-order chi connectivity index (χ1) is 9.74. The second kappa shape index (κ2) is 5.13. The van der Waals surface area contributed by atoms with Gasteiger partial charge in [-0.05, 0) is 19.4 Å². The maximum Gasteiger partial charge on any atom is 0.285 e. The standard InChI is InChI=1S/C14H17N5O2/c1-8-9(2)17-19(12(20)10(8)6-15)7-11-16-13(18-21-11)14(3,4)5/h7H2,1-5H3. The van der Waals surface area contributed by atoms with Crippen LogP contribution in [0.2, 0.25) is 0 Å². The second-order valence-electron chi connectivity index (χ2n) is 5.92. The third kappa shape index (κ3) is 2.84. The fourth-order valence-corrected chi connectivity index (χ4v) is 1.76. The molecular formula is C14H17N5O2. The number of rotatable bonds is 2. The van der Waals surface area contributed by atoms with Gasteiger partial charge in [-0.1, -0.05) is 25.9 Å². The predicted octanol–water partition coefficient (Wildman–Crippen LogP) is 1.46. The molecule has 0 aliphatic heterocycles. The predicted molar refractivity (Wildman–Crippen MR) is 74.8 cm³/mol. The van der Waals surface area contributed by atoms with Crippen LogP contribution in [0.25, 0.3) is 0 Å².